The average molecular weight is 286 g/mol. The molecule has 0 spiro atoms. The van der Waals surface area contributed by atoms with Crippen molar-refractivity contribution >= 4 is 11.7 Å². The van der Waals surface area contributed by atoms with Gasteiger partial charge < -0.3 is 10.3 Å². The maximum absolute atomic E-state index is 12.3. The van der Waals surface area contributed by atoms with Crippen LogP contribution in [0.15, 0.2) is 29.3 Å². The molecule has 2 heterocycles. The molecule has 2 aromatic rings. The summed E-state index contributed by atoms with van der Waals surface area (Å²) < 4.78 is 1.89. The molecule has 2 aromatic heterocycles. The van der Waals surface area contributed by atoms with Gasteiger partial charge in [0.2, 0.25) is 5.56 Å². The predicted octanol–water partition coefficient (Wildman–Crippen LogP) is 2.10. The predicted molar refractivity (Wildman–Crippen MR) is 79.4 cm³/mol. The van der Waals surface area contributed by atoms with Crippen LogP contribution >= 0.6 is 0 Å². The van der Waals surface area contributed by atoms with E-state index in [-0.39, 0.29) is 17.5 Å². The van der Waals surface area contributed by atoms with Crippen molar-refractivity contribution in [1.29, 1.82) is 0 Å². The number of hydrogen-bond donors (Lipinski definition) is 2. The van der Waals surface area contributed by atoms with Crippen LogP contribution in [0.2, 0.25) is 0 Å². The summed E-state index contributed by atoms with van der Waals surface area (Å²) in [6.45, 7) is 4.05. The number of carbonyl (C=O) groups excluding carboxylic acids is 1. The van der Waals surface area contributed by atoms with Crippen molar-refractivity contribution in [3.8, 4) is 0 Å². The fourth-order valence-electron chi connectivity index (χ4n) is 2.42. The Balaban J connectivity index is 1.83. The highest BCUT2D eigenvalue weighted by molar-refractivity contribution is 6.03. The summed E-state index contributed by atoms with van der Waals surface area (Å²) in [5.41, 5.74) is 1.12. The highest BCUT2D eigenvalue weighted by Gasteiger charge is 2.31. The first-order valence-electron chi connectivity index (χ1n) is 7.10. The molecule has 6 nitrogen and oxygen atoms in total. The molecule has 0 aliphatic heterocycles. The second-order valence-electron chi connectivity index (χ2n) is 5.59. The summed E-state index contributed by atoms with van der Waals surface area (Å²) in [6.07, 6.45) is 5.61. The van der Waals surface area contributed by atoms with E-state index >= 15 is 0 Å². The van der Waals surface area contributed by atoms with Gasteiger partial charge in [0.15, 0.2) is 0 Å². The minimum absolute atomic E-state index is 0.227. The zero-order valence-corrected chi connectivity index (χ0v) is 12.1. The third kappa shape index (κ3) is 2.74. The van der Waals surface area contributed by atoms with Crippen molar-refractivity contribution in [3.05, 3.63) is 46.0 Å². The Morgan fingerprint density at radius 2 is 2.24 bits per heavy atom. The van der Waals surface area contributed by atoms with Crippen LogP contribution in [0.4, 0.5) is 5.82 Å². The third-order valence-electron chi connectivity index (χ3n) is 3.95. The van der Waals surface area contributed by atoms with Gasteiger partial charge in [-0.15, -0.1) is 0 Å². The molecule has 1 aliphatic rings. The lowest BCUT2D eigenvalue weighted by Crippen LogP contribution is -2.20. The molecule has 1 aliphatic carbocycles. The summed E-state index contributed by atoms with van der Waals surface area (Å²) in [7, 11) is 0. The smallest absolute Gasteiger partial charge is 0.258 e. The Labute approximate surface area is 122 Å². The van der Waals surface area contributed by atoms with Gasteiger partial charge in [0.05, 0.1) is 17.8 Å². The fourth-order valence-corrected chi connectivity index (χ4v) is 2.42. The van der Waals surface area contributed by atoms with Crippen LogP contribution in [-0.2, 0) is 0 Å². The van der Waals surface area contributed by atoms with Crippen LogP contribution in [0.5, 0.6) is 0 Å². The molecule has 110 valence electrons. The summed E-state index contributed by atoms with van der Waals surface area (Å²) in [5, 5.41) is 7.28. The van der Waals surface area contributed by atoms with Crippen molar-refractivity contribution < 1.29 is 4.79 Å². The lowest BCUT2D eigenvalue weighted by Gasteiger charge is -2.16. The van der Waals surface area contributed by atoms with Crippen molar-refractivity contribution in [2.75, 3.05) is 5.32 Å². The van der Waals surface area contributed by atoms with E-state index in [9.17, 15) is 9.59 Å². The van der Waals surface area contributed by atoms with E-state index in [2.05, 4.69) is 22.3 Å². The molecule has 0 radical (unpaired) electrons. The molecule has 1 amide bonds. The van der Waals surface area contributed by atoms with E-state index < -0.39 is 0 Å². The standard InChI is InChI=1S/C15H18N4O2/c1-9-7-17-19(10(2)11-3-4-11)14(9)18-15(21)12-5-6-13(20)16-8-12/h5-8,10-11H,3-4H2,1-2H3,(H,16,20)(H,18,21). The number of aromatic nitrogens is 3. The highest BCUT2D eigenvalue weighted by atomic mass is 16.2. The van der Waals surface area contributed by atoms with Crippen LogP contribution in [0.1, 0.15) is 41.7 Å². The maximum atomic E-state index is 12.3. The number of carbonyl (C=O) groups is 1. The van der Waals surface area contributed by atoms with Crippen molar-refractivity contribution in [3.63, 3.8) is 0 Å². The van der Waals surface area contributed by atoms with E-state index in [1.807, 2.05) is 11.6 Å². The van der Waals surface area contributed by atoms with Gasteiger partial charge in [-0.25, -0.2) is 4.68 Å². The van der Waals surface area contributed by atoms with Crippen LogP contribution in [0.3, 0.4) is 0 Å². The van der Waals surface area contributed by atoms with Crippen molar-refractivity contribution in [2.45, 2.75) is 32.7 Å². The largest absolute Gasteiger partial charge is 0.328 e. The molecule has 21 heavy (non-hydrogen) atoms. The number of nitrogens with zero attached hydrogens (tertiary/aromatic N) is 2. The monoisotopic (exact) mass is 286 g/mol. The zero-order valence-electron chi connectivity index (χ0n) is 12.1. The first-order valence-corrected chi connectivity index (χ1v) is 7.10. The fraction of sp³-hybridized carbons (Fsp3) is 0.400. The van der Waals surface area contributed by atoms with Gasteiger partial charge in [-0.1, -0.05) is 0 Å². The molecular weight excluding hydrogens is 268 g/mol. The van der Waals surface area contributed by atoms with Crippen molar-refractivity contribution in [1.82, 2.24) is 14.8 Å². The van der Waals surface area contributed by atoms with Gasteiger partial charge in [0.1, 0.15) is 5.82 Å². The Hall–Kier alpha value is -2.37. The van der Waals surface area contributed by atoms with Gasteiger partial charge in [0, 0.05) is 17.8 Å². The number of rotatable bonds is 4. The van der Waals surface area contributed by atoms with Crippen LogP contribution < -0.4 is 10.9 Å². The van der Waals surface area contributed by atoms with Crippen LogP contribution in [-0.4, -0.2) is 20.7 Å². The first-order chi connectivity index (χ1) is 10.1. The molecule has 3 rings (SSSR count). The Morgan fingerprint density at radius 1 is 1.48 bits per heavy atom. The topological polar surface area (TPSA) is 79.8 Å². The minimum Gasteiger partial charge on any atom is -0.328 e. The normalized spacial score (nSPS) is 15.7. The second-order valence-corrected chi connectivity index (χ2v) is 5.59. The van der Waals surface area contributed by atoms with E-state index in [1.54, 1.807) is 6.20 Å². The molecule has 1 fully saturated rings. The quantitative estimate of drug-likeness (QED) is 0.903. The molecule has 1 atom stereocenters. The summed E-state index contributed by atoms with van der Waals surface area (Å²) in [4.78, 5) is 25.8. The number of aryl methyl sites for hydroxylation is 1. The number of H-pyrrole nitrogens is 1. The van der Waals surface area contributed by atoms with Gasteiger partial charge >= 0.3 is 0 Å². The lowest BCUT2D eigenvalue weighted by molar-refractivity contribution is 0.102. The Morgan fingerprint density at radius 3 is 2.86 bits per heavy atom. The number of nitrogens with one attached hydrogen (secondary N) is 2. The number of amides is 1. The summed E-state index contributed by atoms with van der Waals surface area (Å²) in [5.74, 6) is 1.12. The summed E-state index contributed by atoms with van der Waals surface area (Å²) >= 11 is 0. The van der Waals surface area contributed by atoms with E-state index in [1.165, 1.54) is 31.2 Å². The number of anilines is 1. The number of hydrogen-bond acceptors (Lipinski definition) is 3. The molecular formula is C15H18N4O2. The van der Waals surface area contributed by atoms with Crippen LogP contribution in [0.25, 0.3) is 0 Å². The Bertz CT molecular complexity index is 707. The molecule has 6 heteroatoms. The third-order valence-corrected chi connectivity index (χ3v) is 3.95. The maximum Gasteiger partial charge on any atom is 0.258 e. The Kier molecular flexibility index (Phi) is 3.37. The first kappa shape index (κ1) is 13.6. The van der Waals surface area contributed by atoms with Gasteiger partial charge in [-0.05, 0) is 38.7 Å². The van der Waals surface area contributed by atoms with E-state index in [4.69, 9.17) is 0 Å². The van der Waals surface area contributed by atoms with E-state index in [0.717, 1.165) is 11.4 Å². The number of pyridine rings is 1. The molecule has 0 aromatic carbocycles. The molecule has 0 saturated heterocycles. The van der Waals surface area contributed by atoms with Crippen LogP contribution in [0, 0.1) is 12.8 Å². The molecule has 1 unspecified atom stereocenters. The van der Waals surface area contributed by atoms with E-state index in [0.29, 0.717) is 11.5 Å². The SMILES string of the molecule is Cc1cnn(C(C)C2CC2)c1NC(=O)c1ccc(=O)[nH]c1. The number of aromatic amines is 1. The lowest BCUT2D eigenvalue weighted by atomic mass is 10.2. The minimum atomic E-state index is -0.251. The second kappa shape index (κ2) is 5.20. The summed E-state index contributed by atoms with van der Waals surface area (Å²) in [6, 6.07) is 3.13. The molecule has 2 N–H and O–H groups in total. The zero-order chi connectivity index (χ0) is 15.0. The average Bonchev–Trinajstić information content (AvgIpc) is 3.25. The van der Waals surface area contributed by atoms with Gasteiger partial charge in [-0.2, -0.15) is 5.10 Å². The van der Waals surface area contributed by atoms with Gasteiger partial charge in [-0.3, -0.25) is 9.59 Å². The molecule has 0 bridgehead atoms. The van der Waals surface area contributed by atoms with Crippen molar-refractivity contribution in [2.24, 2.45) is 5.92 Å². The van der Waals surface area contributed by atoms with Gasteiger partial charge in [0.25, 0.3) is 5.91 Å². The molecule has 1 saturated carbocycles. The highest BCUT2D eigenvalue weighted by Crippen LogP contribution is 2.40.